The fourth-order valence-electron chi connectivity index (χ4n) is 5.04. The van der Waals surface area contributed by atoms with Crippen LogP contribution in [0.3, 0.4) is 0 Å². The molecule has 0 saturated carbocycles. The molecule has 0 bridgehead atoms. The molecule has 4 unspecified atom stereocenters. The molecule has 204 valence electrons. The number of carboxylic acid groups (broad SMARTS) is 1. The number of guanidine groups is 1. The molecule has 3 amide bonds. The Bertz CT molecular complexity index is 1000. The molecule has 0 aromatic carbocycles. The SMILES string of the molecule is [B]NPOC(=O)NC(=NC[C@H]1CCN(CC2=C(C(=O)OPN[B])N3C(=O)C([C@@H](C)O)C3[C@H]2C)C1)NC(=O)O. The van der Waals surface area contributed by atoms with Crippen LogP contribution < -0.4 is 20.6 Å². The van der Waals surface area contributed by atoms with E-state index in [9.17, 15) is 24.3 Å². The summed E-state index contributed by atoms with van der Waals surface area (Å²) in [7, 11) is 9.28. The van der Waals surface area contributed by atoms with Gasteiger partial charge in [-0.05, 0) is 31.4 Å². The Kier molecular flexibility index (Phi) is 10.9. The molecule has 0 aliphatic carbocycles. The molecule has 3 rings (SSSR count). The van der Waals surface area contributed by atoms with Crippen molar-refractivity contribution in [2.24, 2.45) is 22.7 Å². The van der Waals surface area contributed by atoms with Crippen LogP contribution in [0.25, 0.3) is 0 Å². The monoisotopic (exact) mass is 567 g/mol. The first kappa shape index (κ1) is 30.3. The minimum atomic E-state index is -1.40. The Hall–Kier alpha value is -2.28. The maximum absolute atomic E-state index is 12.9. The number of carbonyl (C=O) groups excluding carboxylic acids is 3. The van der Waals surface area contributed by atoms with Gasteiger partial charge in [0.1, 0.15) is 23.6 Å². The van der Waals surface area contributed by atoms with Crippen LogP contribution in [0.15, 0.2) is 16.3 Å². The zero-order chi connectivity index (χ0) is 28.0. The minimum Gasteiger partial charge on any atom is -0.465 e. The molecule has 0 spiro atoms. The van der Waals surface area contributed by atoms with Gasteiger partial charge in [0.25, 0.3) is 0 Å². The number of aliphatic imine (C=N–C) groups is 1. The van der Waals surface area contributed by atoms with Crippen molar-refractivity contribution in [2.75, 3.05) is 26.2 Å². The van der Waals surface area contributed by atoms with Crippen LogP contribution in [-0.4, -0.2) is 104 Å². The van der Waals surface area contributed by atoms with E-state index >= 15 is 0 Å². The van der Waals surface area contributed by atoms with Crippen molar-refractivity contribution in [1.29, 1.82) is 0 Å². The number of hydrogen-bond acceptors (Lipinski definition) is 11. The summed E-state index contributed by atoms with van der Waals surface area (Å²) in [6.07, 6.45) is -2.45. The average Bonchev–Trinajstić information content (AvgIpc) is 3.40. The molecule has 2 fully saturated rings. The normalized spacial score (nSPS) is 26.7. The van der Waals surface area contributed by atoms with Crippen molar-refractivity contribution in [1.82, 2.24) is 30.4 Å². The quantitative estimate of drug-likeness (QED) is 0.0603. The Morgan fingerprint density at radius 1 is 1.21 bits per heavy atom. The Morgan fingerprint density at radius 3 is 2.53 bits per heavy atom. The second kappa shape index (κ2) is 13.7. The molecular formula is C19H29B2N7O8P2. The first-order chi connectivity index (χ1) is 18.1. The average molecular weight is 567 g/mol. The first-order valence-corrected chi connectivity index (χ1v) is 13.5. The van der Waals surface area contributed by atoms with Gasteiger partial charge in [-0.2, -0.15) is 0 Å². The third-order valence-corrected chi connectivity index (χ3v) is 7.44. The highest BCUT2D eigenvalue weighted by Gasteiger charge is 2.60. The van der Waals surface area contributed by atoms with E-state index in [0.29, 0.717) is 19.6 Å². The number of rotatable bonds is 10. The van der Waals surface area contributed by atoms with Crippen molar-refractivity contribution >= 4 is 63.9 Å². The van der Waals surface area contributed by atoms with E-state index < -0.39 is 48.1 Å². The third kappa shape index (κ3) is 7.02. The smallest absolute Gasteiger partial charge is 0.417 e. The van der Waals surface area contributed by atoms with E-state index in [4.69, 9.17) is 30.1 Å². The highest BCUT2D eigenvalue weighted by molar-refractivity contribution is 7.32. The lowest BCUT2D eigenvalue weighted by Gasteiger charge is -2.46. The predicted octanol–water partition coefficient (Wildman–Crippen LogP) is -1.32. The molecule has 2 saturated heterocycles. The summed E-state index contributed by atoms with van der Waals surface area (Å²) >= 11 is 0. The summed E-state index contributed by atoms with van der Waals surface area (Å²) in [6.45, 7) is 5.35. The number of nitrogens with one attached hydrogen (secondary N) is 4. The van der Waals surface area contributed by atoms with Crippen LogP contribution in [0.4, 0.5) is 9.59 Å². The van der Waals surface area contributed by atoms with Gasteiger partial charge in [0, 0.05) is 25.6 Å². The van der Waals surface area contributed by atoms with Crippen LogP contribution in [-0.2, 0) is 18.6 Å². The Balaban J connectivity index is 1.68. The van der Waals surface area contributed by atoms with Crippen molar-refractivity contribution < 1.29 is 38.4 Å². The van der Waals surface area contributed by atoms with Crippen LogP contribution in [0.1, 0.15) is 20.3 Å². The fourth-order valence-corrected chi connectivity index (χ4v) is 5.49. The van der Waals surface area contributed by atoms with E-state index in [-0.39, 0.29) is 42.0 Å². The van der Waals surface area contributed by atoms with Crippen molar-refractivity contribution in [2.45, 2.75) is 32.4 Å². The lowest BCUT2D eigenvalue weighted by atomic mass is 9.77. The van der Waals surface area contributed by atoms with Gasteiger partial charge in [-0.1, -0.05) is 6.92 Å². The number of aliphatic hydroxyl groups is 1. The topological polar surface area (TPSA) is 194 Å². The summed E-state index contributed by atoms with van der Waals surface area (Å²) in [5.74, 6) is -1.99. The zero-order valence-electron chi connectivity index (χ0n) is 20.8. The van der Waals surface area contributed by atoms with Gasteiger partial charge >= 0.3 is 18.2 Å². The summed E-state index contributed by atoms with van der Waals surface area (Å²) in [5.41, 5.74) is 0.937. The molecule has 7 atom stereocenters. The molecule has 3 aliphatic rings. The minimum absolute atomic E-state index is 0.0329. The van der Waals surface area contributed by atoms with Crippen LogP contribution in [0, 0.1) is 17.8 Å². The molecule has 19 heteroatoms. The van der Waals surface area contributed by atoms with E-state index in [1.807, 2.05) is 12.2 Å². The third-order valence-electron chi connectivity index (χ3n) is 6.63. The second-order valence-corrected chi connectivity index (χ2v) is 10.4. The number of hydrogen-bond donors (Lipinski definition) is 6. The molecule has 0 aromatic heterocycles. The van der Waals surface area contributed by atoms with Crippen LogP contribution in [0.2, 0.25) is 0 Å². The lowest BCUT2D eigenvalue weighted by molar-refractivity contribution is -0.162. The lowest BCUT2D eigenvalue weighted by Crippen LogP contribution is -2.63. The number of β-lactam (4-membered cyclic amide) rings is 1. The number of amides is 3. The number of likely N-dealkylation sites (tertiary alicyclic amines) is 1. The molecule has 6 N–H and O–H groups in total. The number of aliphatic hydroxyl groups excluding tert-OH is 1. The van der Waals surface area contributed by atoms with E-state index in [2.05, 4.69) is 25.2 Å². The first-order valence-electron chi connectivity index (χ1n) is 11.7. The summed E-state index contributed by atoms with van der Waals surface area (Å²) in [6, 6.07) is -0.331. The standard InChI is InChI=1S/C19H29B2N7O8P2/c1-8-11(14(16(31)35-37-25-20)28-13(8)12(9(2)29)15(28)30)7-27-4-3-10(6-27)5-22-17(23-18(32)33)24-19(34)36-38-26-21/h8-10,12-13,25-26,29,37-38H,3-7H2,1-2H3,(H,32,33)(H2,22,23,24,34)/t8-,9+,10+,12?,13?/m0/s1. The fraction of sp³-hybridized carbons (Fsp3) is 0.632. The largest absolute Gasteiger partial charge is 0.465 e. The van der Waals surface area contributed by atoms with Gasteiger partial charge in [-0.25, -0.2) is 14.4 Å². The van der Waals surface area contributed by atoms with Gasteiger partial charge < -0.3 is 34.2 Å². The van der Waals surface area contributed by atoms with E-state index in [1.54, 1.807) is 6.92 Å². The number of carbonyl (C=O) groups is 4. The number of fused-ring (bicyclic) bond motifs is 1. The van der Waals surface area contributed by atoms with E-state index in [0.717, 1.165) is 12.0 Å². The van der Waals surface area contributed by atoms with E-state index in [1.165, 1.54) is 4.90 Å². The molecule has 0 aromatic rings. The van der Waals surface area contributed by atoms with Crippen LogP contribution >= 0.6 is 17.9 Å². The Morgan fingerprint density at radius 2 is 1.89 bits per heavy atom. The molecular weight excluding hydrogens is 538 g/mol. The molecule has 38 heavy (non-hydrogen) atoms. The molecule has 3 aliphatic heterocycles. The van der Waals surface area contributed by atoms with Crippen molar-refractivity contribution in [3.8, 4) is 0 Å². The van der Waals surface area contributed by atoms with Crippen molar-refractivity contribution in [3.63, 3.8) is 0 Å². The van der Waals surface area contributed by atoms with Gasteiger partial charge in [0.05, 0.1) is 18.1 Å². The summed E-state index contributed by atoms with van der Waals surface area (Å²) in [5, 5.41) is 23.4. The molecule has 15 nitrogen and oxygen atoms in total. The molecule has 3 heterocycles. The maximum Gasteiger partial charge on any atom is 0.417 e. The summed E-state index contributed by atoms with van der Waals surface area (Å²) < 4.78 is 9.89. The number of nitrogens with zero attached hydrogens (tertiary/aromatic N) is 3. The van der Waals surface area contributed by atoms with Gasteiger partial charge in [0.2, 0.25) is 11.9 Å². The highest BCUT2D eigenvalue weighted by atomic mass is 31.1. The highest BCUT2D eigenvalue weighted by Crippen LogP contribution is 2.48. The maximum atomic E-state index is 12.9. The van der Waals surface area contributed by atoms with Gasteiger partial charge in [0.15, 0.2) is 16.0 Å². The van der Waals surface area contributed by atoms with Crippen molar-refractivity contribution in [3.05, 3.63) is 11.3 Å². The Labute approximate surface area is 225 Å². The zero-order valence-corrected chi connectivity index (χ0v) is 22.8. The van der Waals surface area contributed by atoms with Gasteiger partial charge in [-0.3, -0.25) is 25.3 Å². The van der Waals surface area contributed by atoms with Gasteiger partial charge in [-0.15, -0.1) is 0 Å². The molecule has 4 radical (unpaired) electrons. The van der Waals surface area contributed by atoms with Crippen LogP contribution in [0.5, 0.6) is 0 Å². The second-order valence-electron chi connectivity index (χ2n) is 9.03. The predicted molar refractivity (Wildman–Crippen MR) is 140 cm³/mol. The summed E-state index contributed by atoms with van der Waals surface area (Å²) in [4.78, 5) is 60.6.